The van der Waals surface area contributed by atoms with E-state index in [0.29, 0.717) is 34.1 Å². The Labute approximate surface area is 150 Å². The second-order valence-corrected chi connectivity index (χ2v) is 5.81. The third-order valence-corrected chi connectivity index (χ3v) is 4.31. The minimum absolute atomic E-state index is 0.266. The molecule has 130 valence electrons. The first kappa shape index (κ1) is 16.0. The molecule has 6 nitrogen and oxygen atoms in total. The fraction of sp³-hybridized carbons (Fsp3) is 0.100. The zero-order chi connectivity index (χ0) is 18.3. The van der Waals surface area contributed by atoms with Crippen molar-refractivity contribution in [3.8, 4) is 0 Å². The second-order valence-electron chi connectivity index (χ2n) is 5.81. The molecular formula is C20H16N2O4. The highest BCUT2D eigenvalue weighted by atomic mass is 16.3. The molecule has 2 amide bonds. The molecule has 2 aromatic rings. The maximum absolute atomic E-state index is 13.2. The van der Waals surface area contributed by atoms with Crippen LogP contribution in [0.5, 0.6) is 0 Å². The molecule has 2 aliphatic rings. The molecule has 4 heterocycles. The standard InChI is InChI=1S/C20H16N2O4/c1-3-9-21-17(13-7-5-11-25-13)15-16(19(21)23)18(14-8-6-12-26-14)22(10-4-2)20(15)24/h3-8,11-12H,1-2,9-10H2. The van der Waals surface area contributed by atoms with Crippen molar-refractivity contribution >= 4 is 23.2 Å². The van der Waals surface area contributed by atoms with E-state index in [1.165, 1.54) is 22.3 Å². The van der Waals surface area contributed by atoms with Crippen LogP contribution in [0.4, 0.5) is 0 Å². The fourth-order valence-corrected chi connectivity index (χ4v) is 3.34. The Kier molecular flexibility index (Phi) is 3.73. The van der Waals surface area contributed by atoms with Gasteiger partial charge in [-0.05, 0) is 24.3 Å². The molecule has 4 rings (SSSR count). The molecule has 0 N–H and O–H groups in total. The summed E-state index contributed by atoms with van der Waals surface area (Å²) in [5.41, 5.74) is 1.55. The van der Waals surface area contributed by atoms with Gasteiger partial charge in [-0.3, -0.25) is 9.59 Å². The van der Waals surface area contributed by atoms with E-state index in [1.807, 2.05) is 0 Å². The van der Waals surface area contributed by atoms with Gasteiger partial charge in [0.1, 0.15) is 11.4 Å². The Morgan fingerprint density at radius 1 is 0.808 bits per heavy atom. The number of hydrogen-bond acceptors (Lipinski definition) is 4. The zero-order valence-corrected chi connectivity index (χ0v) is 14.0. The van der Waals surface area contributed by atoms with Crippen molar-refractivity contribution in [3.05, 3.63) is 84.8 Å². The van der Waals surface area contributed by atoms with Gasteiger partial charge >= 0.3 is 0 Å². The normalized spacial score (nSPS) is 16.8. The van der Waals surface area contributed by atoms with Crippen LogP contribution in [0.15, 0.2) is 82.1 Å². The SMILES string of the molecule is C=CCN1C(=O)C2=C(c3ccco3)N(CC=C)C(=O)C2=C1c1ccco1. The molecule has 0 atom stereocenters. The van der Waals surface area contributed by atoms with Crippen LogP contribution in [0, 0.1) is 0 Å². The molecule has 0 fully saturated rings. The van der Waals surface area contributed by atoms with E-state index in [1.54, 1.807) is 36.4 Å². The highest BCUT2D eigenvalue weighted by Crippen LogP contribution is 2.46. The molecule has 0 aromatic carbocycles. The summed E-state index contributed by atoms with van der Waals surface area (Å²) in [6.45, 7) is 7.95. The molecule has 0 saturated carbocycles. The smallest absolute Gasteiger partial charge is 0.261 e. The number of hydrogen-bond donors (Lipinski definition) is 0. The van der Waals surface area contributed by atoms with Gasteiger partial charge in [0.25, 0.3) is 11.8 Å². The van der Waals surface area contributed by atoms with Gasteiger partial charge in [0.15, 0.2) is 11.5 Å². The van der Waals surface area contributed by atoms with Gasteiger partial charge in [-0.1, -0.05) is 12.2 Å². The third-order valence-electron chi connectivity index (χ3n) is 4.31. The van der Waals surface area contributed by atoms with Crippen LogP contribution in [-0.2, 0) is 9.59 Å². The first-order valence-corrected chi connectivity index (χ1v) is 8.11. The van der Waals surface area contributed by atoms with Crippen molar-refractivity contribution in [1.82, 2.24) is 9.80 Å². The third kappa shape index (κ3) is 2.12. The van der Waals surface area contributed by atoms with Gasteiger partial charge in [0.05, 0.1) is 23.7 Å². The molecule has 0 radical (unpaired) electrons. The van der Waals surface area contributed by atoms with Gasteiger partial charge in [-0.2, -0.15) is 0 Å². The molecule has 2 aromatic heterocycles. The van der Waals surface area contributed by atoms with E-state index in [0.717, 1.165) is 0 Å². The van der Waals surface area contributed by atoms with E-state index in [2.05, 4.69) is 13.2 Å². The van der Waals surface area contributed by atoms with Crippen LogP contribution in [0.3, 0.4) is 0 Å². The lowest BCUT2D eigenvalue weighted by molar-refractivity contribution is -0.123. The number of nitrogens with zero attached hydrogens (tertiary/aromatic N) is 2. The average Bonchev–Trinajstić information content (AvgIpc) is 3.39. The Morgan fingerprint density at radius 3 is 1.54 bits per heavy atom. The van der Waals surface area contributed by atoms with Crippen LogP contribution in [0.2, 0.25) is 0 Å². The van der Waals surface area contributed by atoms with Gasteiger partial charge in [-0.15, -0.1) is 13.2 Å². The van der Waals surface area contributed by atoms with Crippen molar-refractivity contribution in [2.45, 2.75) is 0 Å². The molecule has 0 bridgehead atoms. The number of amides is 2. The Hall–Kier alpha value is -3.54. The highest BCUT2D eigenvalue weighted by Gasteiger charge is 2.49. The van der Waals surface area contributed by atoms with Crippen LogP contribution in [0.25, 0.3) is 11.4 Å². The number of carbonyl (C=O) groups excluding carboxylic acids is 2. The van der Waals surface area contributed by atoms with Gasteiger partial charge in [0.2, 0.25) is 0 Å². The molecule has 26 heavy (non-hydrogen) atoms. The molecule has 2 aliphatic heterocycles. The summed E-state index contributed by atoms with van der Waals surface area (Å²) < 4.78 is 11.0. The van der Waals surface area contributed by atoms with E-state index in [4.69, 9.17) is 8.83 Å². The lowest BCUT2D eigenvalue weighted by Crippen LogP contribution is -2.29. The first-order chi connectivity index (χ1) is 12.7. The van der Waals surface area contributed by atoms with Crippen LogP contribution >= 0.6 is 0 Å². The molecule has 6 heteroatoms. The number of fused-ring (bicyclic) bond motifs is 1. The van der Waals surface area contributed by atoms with Crippen LogP contribution in [0.1, 0.15) is 11.5 Å². The van der Waals surface area contributed by atoms with Crippen molar-refractivity contribution in [2.75, 3.05) is 13.1 Å². The Balaban J connectivity index is 2.01. The first-order valence-electron chi connectivity index (χ1n) is 8.11. The summed E-state index contributed by atoms with van der Waals surface area (Å²) in [5, 5.41) is 0. The van der Waals surface area contributed by atoms with Gasteiger partial charge in [-0.25, -0.2) is 0 Å². The summed E-state index contributed by atoms with van der Waals surface area (Å²) in [7, 11) is 0. The average molecular weight is 348 g/mol. The van der Waals surface area contributed by atoms with E-state index >= 15 is 0 Å². The summed E-state index contributed by atoms with van der Waals surface area (Å²) in [6.07, 6.45) is 6.24. The minimum atomic E-state index is -0.280. The monoisotopic (exact) mass is 348 g/mol. The maximum Gasteiger partial charge on any atom is 0.261 e. The quantitative estimate of drug-likeness (QED) is 0.753. The minimum Gasteiger partial charge on any atom is -0.463 e. The predicted molar refractivity (Wildman–Crippen MR) is 95.1 cm³/mol. The second kappa shape index (κ2) is 6.07. The van der Waals surface area contributed by atoms with Crippen LogP contribution in [-0.4, -0.2) is 34.7 Å². The summed E-state index contributed by atoms with van der Waals surface area (Å²) in [5.74, 6) is 0.353. The Morgan fingerprint density at radius 2 is 1.23 bits per heavy atom. The van der Waals surface area contributed by atoms with Crippen LogP contribution < -0.4 is 0 Å². The highest BCUT2D eigenvalue weighted by molar-refractivity contribution is 6.29. The van der Waals surface area contributed by atoms with Gasteiger partial charge < -0.3 is 18.6 Å². The van der Waals surface area contributed by atoms with Gasteiger partial charge in [0, 0.05) is 13.1 Å². The van der Waals surface area contributed by atoms with E-state index in [9.17, 15) is 9.59 Å². The number of carbonyl (C=O) groups is 2. The predicted octanol–water partition coefficient (Wildman–Crippen LogP) is 3.05. The van der Waals surface area contributed by atoms with E-state index in [-0.39, 0.29) is 24.9 Å². The summed E-state index contributed by atoms with van der Waals surface area (Å²) in [6, 6.07) is 6.89. The zero-order valence-electron chi connectivity index (χ0n) is 14.0. The lowest BCUT2D eigenvalue weighted by Gasteiger charge is -2.21. The molecular weight excluding hydrogens is 332 g/mol. The number of furan rings is 2. The number of rotatable bonds is 6. The largest absolute Gasteiger partial charge is 0.463 e. The maximum atomic E-state index is 13.2. The van der Waals surface area contributed by atoms with Crippen molar-refractivity contribution in [1.29, 1.82) is 0 Å². The van der Waals surface area contributed by atoms with E-state index < -0.39 is 0 Å². The molecule has 0 spiro atoms. The van der Waals surface area contributed by atoms with Crippen molar-refractivity contribution < 1.29 is 18.4 Å². The summed E-state index contributed by atoms with van der Waals surface area (Å²) in [4.78, 5) is 29.4. The molecule has 0 aliphatic carbocycles. The lowest BCUT2D eigenvalue weighted by atomic mass is 10.1. The fourth-order valence-electron chi connectivity index (χ4n) is 3.34. The van der Waals surface area contributed by atoms with Crippen molar-refractivity contribution in [2.24, 2.45) is 0 Å². The topological polar surface area (TPSA) is 66.9 Å². The van der Waals surface area contributed by atoms with Crippen molar-refractivity contribution in [3.63, 3.8) is 0 Å². The Bertz CT molecular complexity index is 881. The summed E-state index contributed by atoms with van der Waals surface area (Å²) >= 11 is 0. The molecule has 0 unspecified atom stereocenters. The molecule has 0 saturated heterocycles.